The molecule has 0 N–H and O–H groups in total. The van der Waals surface area contributed by atoms with Crippen LogP contribution in [0.4, 0.5) is 0 Å². The van der Waals surface area contributed by atoms with Crippen LogP contribution in [-0.2, 0) is 7.05 Å². The smallest absolute Gasteiger partial charge is 0.272 e. The highest BCUT2D eigenvalue weighted by molar-refractivity contribution is 5.92. The van der Waals surface area contributed by atoms with E-state index in [-0.39, 0.29) is 11.9 Å². The van der Waals surface area contributed by atoms with Gasteiger partial charge in [0, 0.05) is 32.2 Å². The highest BCUT2D eigenvalue weighted by Crippen LogP contribution is 2.31. The third kappa shape index (κ3) is 2.88. The summed E-state index contributed by atoms with van der Waals surface area (Å²) in [7, 11) is 1.76. The van der Waals surface area contributed by atoms with Gasteiger partial charge in [0.25, 0.3) is 5.91 Å². The van der Waals surface area contributed by atoms with Crippen molar-refractivity contribution in [1.82, 2.24) is 34.8 Å². The van der Waals surface area contributed by atoms with Crippen molar-refractivity contribution >= 4 is 5.91 Å². The molecule has 3 aromatic heterocycles. The molecule has 4 heterocycles. The molecule has 0 aromatic carbocycles. The number of piperidine rings is 1. The van der Waals surface area contributed by atoms with Crippen molar-refractivity contribution in [3.8, 4) is 11.5 Å². The van der Waals surface area contributed by atoms with Crippen LogP contribution in [0.3, 0.4) is 0 Å². The minimum Gasteiger partial charge on any atom is -0.337 e. The van der Waals surface area contributed by atoms with Crippen LogP contribution in [0, 0.1) is 0 Å². The first-order chi connectivity index (χ1) is 12.2. The molecule has 0 bridgehead atoms. The zero-order valence-electron chi connectivity index (χ0n) is 13.7. The van der Waals surface area contributed by atoms with Gasteiger partial charge < -0.3 is 9.42 Å². The Morgan fingerprint density at radius 3 is 2.96 bits per heavy atom. The lowest BCUT2D eigenvalue weighted by molar-refractivity contribution is 0.0550. The lowest BCUT2D eigenvalue weighted by atomic mass is 10.0. The Balaban J connectivity index is 1.63. The summed E-state index contributed by atoms with van der Waals surface area (Å²) in [5.74, 6) is 0.724. The predicted molar refractivity (Wildman–Crippen MR) is 86.2 cm³/mol. The van der Waals surface area contributed by atoms with Crippen LogP contribution in [0.25, 0.3) is 11.5 Å². The van der Waals surface area contributed by atoms with Gasteiger partial charge in [0.2, 0.25) is 11.7 Å². The van der Waals surface area contributed by atoms with Crippen molar-refractivity contribution in [2.24, 2.45) is 7.05 Å². The molecule has 1 aliphatic heterocycles. The van der Waals surface area contributed by atoms with Gasteiger partial charge >= 0.3 is 0 Å². The molecular formula is C16H17N7O2. The molecule has 1 saturated heterocycles. The molecule has 128 valence electrons. The van der Waals surface area contributed by atoms with Crippen LogP contribution in [0.2, 0.25) is 0 Å². The Bertz CT molecular complexity index is 874. The Labute approximate surface area is 143 Å². The van der Waals surface area contributed by atoms with Crippen molar-refractivity contribution in [2.75, 3.05) is 6.54 Å². The van der Waals surface area contributed by atoms with E-state index in [0.717, 1.165) is 19.3 Å². The summed E-state index contributed by atoms with van der Waals surface area (Å²) in [5.41, 5.74) is 1.08. The van der Waals surface area contributed by atoms with Crippen molar-refractivity contribution in [1.29, 1.82) is 0 Å². The Hall–Kier alpha value is -3.10. The standard InChI is InChI=1S/C16H17N7O2/c1-22-13(5-6-19-22)16(24)23-9-3-2-4-12(23)15-20-14(21-25-15)11-10-17-7-8-18-11/h5-8,10,12H,2-4,9H2,1H3/t12-/m0/s1. The van der Waals surface area contributed by atoms with E-state index < -0.39 is 0 Å². The van der Waals surface area contributed by atoms with Gasteiger partial charge in [0.05, 0.1) is 6.20 Å². The second-order valence-corrected chi connectivity index (χ2v) is 5.90. The second kappa shape index (κ2) is 6.42. The van der Waals surface area contributed by atoms with Crippen molar-refractivity contribution in [3.63, 3.8) is 0 Å². The molecule has 1 atom stereocenters. The average molecular weight is 339 g/mol. The molecule has 1 amide bonds. The molecule has 0 radical (unpaired) electrons. The first-order valence-corrected chi connectivity index (χ1v) is 8.13. The zero-order chi connectivity index (χ0) is 17.2. The summed E-state index contributed by atoms with van der Waals surface area (Å²) >= 11 is 0. The summed E-state index contributed by atoms with van der Waals surface area (Å²) in [6.45, 7) is 0.650. The van der Waals surface area contributed by atoms with Crippen LogP contribution in [0.5, 0.6) is 0 Å². The molecule has 1 fully saturated rings. The number of carbonyl (C=O) groups excluding carboxylic acids is 1. The van der Waals surface area contributed by atoms with E-state index in [9.17, 15) is 4.79 Å². The fraction of sp³-hybridized carbons (Fsp3) is 0.375. The molecule has 9 heteroatoms. The summed E-state index contributed by atoms with van der Waals surface area (Å²) in [6.07, 6.45) is 9.09. The molecule has 0 saturated carbocycles. The van der Waals surface area contributed by atoms with Gasteiger partial charge in [-0.3, -0.25) is 14.5 Å². The van der Waals surface area contributed by atoms with Gasteiger partial charge in [-0.2, -0.15) is 10.1 Å². The lowest BCUT2D eigenvalue weighted by Gasteiger charge is -2.33. The number of carbonyl (C=O) groups is 1. The Morgan fingerprint density at radius 2 is 2.20 bits per heavy atom. The van der Waals surface area contributed by atoms with E-state index in [1.54, 1.807) is 47.5 Å². The fourth-order valence-electron chi connectivity index (χ4n) is 3.05. The third-order valence-electron chi connectivity index (χ3n) is 4.32. The first-order valence-electron chi connectivity index (χ1n) is 8.13. The fourth-order valence-corrected chi connectivity index (χ4v) is 3.05. The maximum absolute atomic E-state index is 12.9. The molecule has 1 aliphatic rings. The van der Waals surface area contributed by atoms with E-state index >= 15 is 0 Å². The van der Waals surface area contributed by atoms with Gasteiger partial charge in [-0.15, -0.1) is 0 Å². The van der Waals surface area contributed by atoms with Crippen LogP contribution in [-0.4, -0.2) is 47.2 Å². The zero-order valence-corrected chi connectivity index (χ0v) is 13.7. The van der Waals surface area contributed by atoms with Gasteiger partial charge in [-0.25, -0.2) is 4.98 Å². The monoisotopic (exact) mass is 339 g/mol. The Morgan fingerprint density at radius 1 is 1.28 bits per heavy atom. The van der Waals surface area contributed by atoms with E-state index in [0.29, 0.717) is 29.6 Å². The first kappa shape index (κ1) is 15.4. The number of aromatic nitrogens is 6. The molecule has 0 spiro atoms. The number of hydrogen-bond donors (Lipinski definition) is 0. The van der Waals surface area contributed by atoms with Crippen molar-refractivity contribution < 1.29 is 9.32 Å². The minimum absolute atomic E-state index is 0.0797. The van der Waals surface area contributed by atoms with E-state index in [1.165, 1.54) is 0 Å². The molecular weight excluding hydrogens is 322 g/mol. The number of rotatable bonds is 3. The second-order valence-electron chi connectivity index (χ2n) is 5.90. The average Bonchev–Trinajstić information content (AvgIpc) is 3.31. The number of likely N-dealkylation sites (tertiary alicyclic amines) is 1. The molecule has 9 nitrogen and oxygen atoms in total. The van der Waals surface area contributed by atoms with Crippen LogP contribution >= 0.6 is 0 Å². The maximum atomic E-state index is 12.9. The summed E-state index contributed by atoms with van der Waals surface area (Å²) < 4.78 is 7.02. The van der Waals surface area contributed by atoms with Crippen molar-refractivity contribution in [3.05, 3.63) is 42.4 Å². The van der Waals surface area contributed by atoms with E-state index in [2.05, 4.69) is 25.2 Å². The largest absolute Gasteiger partial charge is 0.337 e. The predicted octanol–water partition coefficient (Wildman–Crippen LogP) is 1.63. The van der Waals surface area contributed by atoms with Gasteiger partial charge in [0.1, 0.15) is 17.4 Å². The number of hydrogen-bond acceptors (Lipinski definition) is 7. The lowest BCUT2D eigenvalue weighted by Crippen LogP contribution is -2.39. The molecule has 25 heavy (non-hydrogen) atoms. The summed E-state index contributed by atoms with van der Waals surface area (Å²) in [4.78, 5) is 27.3. The number of aryl methyl sites for hydroxylation is 1. The minimum atomic E-state index is -0.242. The highest BCUT2D eigenvalue weighted by atomic mass is 16.5. The van der Waals surface area contributed by atoms with Crippen LogP contribution in [0.15, 0.2) is 35.4 Å². The topological polar surface area (TPSA) is 103 Å². The summed E-state index contributed by atoms with van der Waals surface area (Å²) in [5, 5.41) is 8.07. The quantitative estimate of drug-likeness (QED) is 0.714. The molecule has 3 aromatic rings. The number of nitrogens with zero attached hydrogens (tertiary/aromatic N) is 7. The molecule has 0 unspecified atom stereocenters. The Kier molecular flexibility index (Phi) is 3.96. The van der Waals surface area contributed by atoms with Gasteiger partial charge in [-0.05, 0) is 25.3 Å². The van der Waals surface area contributed by atoms with Crippen LogP contribution < -0.4 is 0 Å². The highest BCUT2D eigenvalue weighted by Gasteiger charge is 2.33. The van der Waals surface area contributed by atoms with E-state index in [4.69, 9.17) is 4.52 Å². The SMILES string of the molecule is Cn1nccc1C(=O)N1CCCC[C@H]1c1nc(-c2cnccn2)no1. The number of amides is 1. The van der Waals surface area contributed by atoms with Crippen molar-refractivity contribution in [2.45, 2.75) is 25.3 Å². The summed E-state index contributed by atoms with van der Waals surface area (Å²) in [6, 6.07) is 1.47. The molecule has 0 aliphatic carbocycles. The maximum Gasteiger partial charge on any atom is 0.272 e. The van der Waals surface area contributed by atoms with E-state index in [1.807, 2.05) is 0 Å². The van der Waals surface area contributed by atoms with Crippen LogP contribution in [0.1, 0.15) is 41.7 Å². The van der Waals surface area contributed by atoms with Gasteiger partial charge in [-0.1, -0.05) is 5.16 Å². The third-order valence-corrected chi connectivity index (χ3v) is 4.32. The molecule has 4 rings (SSSR count). The van der Waals surface area contributed by atoms with Gasteiger partial charge in [0.15, 0.2) is 0 Å². The normalized spacial score (nSPS) is 17.6.